The van der Waals surface area contributed by atoms with Crippen molar-refractivity contribution >= 4 is 44.9 Å². The van der Waals surface area contributed by atoms with Gasteiger partial charge >= 0.3 is 0 Å². The van der Waals surface area contributed by atoms with Crippen molar-refractivity contribution in [2.45, 2.75) is 18.0 Å². The summed E-state index contributed by atoms with van der Waals surface area (Å²) in [6.07, 6.45) is 2.07. The quantitative estimate of drug-likeness (QED) is 0.574. The Balaban J connectivity index is 1.41. The van der Waals surface area contributed by atoms with E-state index < -0.39 is 0 Å². The van der Waals surface area contributed by atoms with Gasteiger partial charge in [0.15, 0.2) is 0 Å². The summed E-state index contributed by atoms with van der Waals surface area (Å²) in [5.41, 5.74) is 1.18. The number of amides is 1. The van der Waals surface area contributed by atoms with Crippen LogP contribution < -0.4 is 0 Å². The Hall–Kier alpha value is -0.860. The number of rotatable bonds is 7. The molecule has 1 saturated heterocycles. The highest BCUT2D eigenvalue weighted by Crippen LogP contribution is 2.23. The summed E-state index contributed by atoms with van der Waals surface area (Å²) in [6, 6.07) is 12.7. The number of hydrogen-bond donors (Lipinski definition) is 0. The minimum Gasteiger partial charge on any atom is -0.340 e. The fraction of sp³-hybridized carbons (Fsp3) is 0.450. The molecule has 7 heteroatoms. The third-order valence-electron chi connectivity index (χ3n) is 4.84. The molecule has 2 aromatic rings. The van der Waals surface area contributed by atoms with E-state index in [-0.39, 0.29) is 5.91 Å². The molecule has 1 aromatic heterocycles. The first-order valence-corrected chi connectivity index (χ1v) is 11.9. The zero-order valence-corrected chi connectivity index (χ0v) is 19.1. The summed E-state index contributed by atoms with van der Waals surface area (Å²) < 4.78 is 1.19. The number of benzene rings is 1. The molecule has 1 fully saturated rings. The number of carbonyl (C=O) groups excluding carboxylic acids is 1. The maximum atomic E-state index is 12.6. The average Bonchev–Trinajstić information content (AvgIpc) is 3.08. The fourth-order valence-electron chi connectivity index (χ4n) is 3.17. The third kappa shape index (κ3) is 6.32. The number of thioether (sulfide) groups is 1. The van der Waals surface area contributed by atoms with E-state index in [0.717, 1.165) is 32.7 Å². The van der Waals surface area contributed by atoms with Crippen LogP contribution in [0.1, 0.15) is 10.4 Å². The predicted octanol–water partition coefficient (Wildman–Crippen LogP) is 4.01. The number of hydrogen-bond acceptors (Lipinski definition) is 5. The highest BCUT2D eigenvalue weighted by Gasteiger charge is 2.21. The number of nitrogens with zero attached hydrogens (tertiary/aromatic N) is 3. The Bertz CT molecular complexity index is 742. The van der Waals surface area contributed by atoms with Gasteiger partial charge in [0.05, 0.1) is 10.3 Å². The molecule has 0 N–H and O–H groups in total. The van der Waals surface area contributed by atoms with Gasteiger partial charge in [-0.15, -0.1) is 23.1 Å². The van der Waals surface area contributed by atoms with E-state index in [1.807, 2.05) is 11.9 Å². The first-order chi connectivity index (χ1) is 13.0. The highest BCUT2D eigenvalue weighted by atomic mass is 79.9. The van der Waals surface area contributed by atoms with E-state index in [2.05, 4.69) is 68.4 Å². The first kappa shape index (κ1) is 20.9. The van der Waals surface area contributed by atoms with Crippen LogP contribution in [0.3, 0.4) is 0 Å². The minimum absolute atomic E-state index is 0.194. The molecule has 146 valence electrons. The van der Waals surface area contributed by atoms with E-state index in [1.54, 1.807) is 23.1 Å². The second-order valence-corrected chi connectivity index (χ2v) is 10.3. The first-order valence-electron chi connectivity index (χ1n) is 9.09. The Kier molecular flexibility index (Phi) is 7.78. The lowest BCUT2D eigenvalue weighted by atomic mass is 10.2. The smallest absolute Gasteiger partial charge is 0.236 e. The van der Waals surface area contributed by atoms with E-state index in [1.165, 1.54) is 19.1 Å². The molecule has 0 radical (unpaired) electrons. The van der Waals surface area contributed by atoms with E-state index in [4.69, 9.17) is 0 Å². The Morgan fingerprint density at radius 3 is 2.37 bits per heavy atom. The van der Waals surface area contributed by atoms with Crippen LogP contribution in [0.15, 0.2) is 45.1 Å². The zero-order chi connectivity index (χ0) is 19.2. The second kappa shape index (κ2) is 10.1. The SMILES string of the molecule is CSc1ccc(CN(C)C(=O)CN2CCN(Cc3ccc(Br)s3)CC2)cc1. The van der Waals surface area contributed by atoms with Crippen LogP contribution in [0.25, 0.3) is 0 Å². The number of halogens is 1. The fourth-order valence-corrected chi connectivity index (χ4v) is 5.10. The van der Waals surface area contributed by atoms with Crippen LogP contribution in [0.2, 0.25) is 0 Å². The van der Waals surface area contributed by atoms with Crippen molar-refractivity contribution in [1.29, 1.82) is 0 Å². The van der Waals surface area contributed by atoms with E-state index in [9.17, 15) is 4.79 Å². The molecule has 27 heavy (non-hydrogen) atoms. The number of carbonyl (C=O) groups is 1. The van der Waals surface area contributed by atoms with Crippen LogP contribution >= 0.6 is 39.0 Å². The number of piperazine rings is 1. The maximum Gasteiger partial charge on any atom is 0.236 e. The minimum atomic E-state index is 0.194. The molecule has 0 aliphatic carbocycles. The van der Waals surface area contributed by atoms with Gasteiger partial charge in [-0.1, -0.05) is 12.1 Å². The van der Waals surface area contributed by atoms with Crippen molar-refractivity contribution in [3.05, 3.63) is 50.6 Å². The van der Waals surface area contributed by atoms with Crippen LogP contribution in [-0.2, 0) is 17.9 Å². The van der Waals surface area contributed by atoms with Crippen LogP contribution in [-0.4, -0.2) is 66.6 Å². The largest absolute Gasteiger partial charge is 0.340 e. The molecule has 3 rings (SSSR count). The van der Waals surface area contributed by atoms with Crippen molar-refractivity contribution in [2.75, 3.05) is 46.0 Å². The van der Waals surface area contributed by atoms with Gasteiger partial charge in [0.1, 0.15) is 0 Å². The molecule has 0 unspecified atom stereocenters. The van der Waals surface area contributed by atoms with Gasteiger partial charge in [0, 0.05) is 56.1 Å². The summed E-state index contributed by atoms with van der Waals surface area (Å²) in [4.78, 5) is 21.8. The lowest BCUT2D eigenvalue weighted by Gasteiger charge is -2.34. The molecule has 0 saturated carbocycles. The van der Waals surface area contributed by atoms with Gasteiger partial charge in [-0.3, -0.25) is 14.6 Å². The molecule has 0 spiro atoms. The number of likely N-dealkylation sites (N-methyl/N-ethyl adjacent to an activating group) is 1. The summed E-state index contributed by atoms with van der Waals surface area (Å²) in [6.45, 7) is 6.12. The predicted molar refractivity (Wildman–Crippen MR) is 118 cm³/mol. The molecular weight excluding hydrogens is 442 g/mol. The standard InChI is InChI=1S/C20H26BrN3OS2/c1-22(13-16-3-5-17(26-2)6-4-16)20(25)15-24-11-9-23(10-12-24)14-18-7-8-19(21)27-18/h3-8H,9-15H2,1-2H3. The van der Waals surface area contributed by atoms with Crippen molar-refractivity contribution in [3.8, 4) is 0 Å². The van der Waals surface area contributed by atoms with Crippen LogP contribution in [0.4, 0.5) is 0 Å². The topological polar surface area (TPSA) is 26.8 Å². The van der Waals surface area contributed by atoms with Gasteiger partial charge in [-0.2, -0.15) is 0 Å². The monoisotopic (exact) mass is 467 g/mol. The summed E-state index contributed by atoms with van der Waals surface area (Å²) >= 11 is 7.06. The highest BCUT2D eigenvalue weighted by molar-refractivity contribution is 9.11. The molecule has 0 atom stereocenters. The lowest BCUT2D eigenvalue weighted by molar-refractivity contribution is -0.132. The van der Waals surface area contributed by atoms with Gasteiger partial charge in [-0.05, 0) is 52.0 Å². The normalized spacial score (nSPS) is 15.8. The molecule has 1 amide bonds. The van der Waals surface area contributed by atoms with Gasteiger partial charge in [0.25, 0.3) is 0 Å². The zero-order valence-electron chi connectivity index (χ0n) is 15.9. The number of thiophene rings is 1. The molecule has 2 heterocycles. The third-order valence-corrected chi connectivity index (χ3v) is 7.19. The summed E-state index contributed by atoms with van der Waals surface area (Å²) in [5, 5.41) is 0. The van der Waals surface area contributed by atoms with Gasteiger partial charge < -0.3 is 4.90 Å². The Morgan fingerprint density at radius 1 is 1.11 bits per heavy atom. The van der Waals surface area contributed by atoms with E-state index >= 15 is 0 Å². The van der Waals surface area contributed by atoms with Crippen LogP contribution in [0.5, 0.6) is 0 Å². The molecule has 1 aliphatic rings. The Labute approximate surface area is 178 Å². The maximum absolute atomic E-state index is 12.6. The molecule has 4 nitrogen and oxygen atoms in total. The summed E-state index contributed by atoms with van der Waals surface area (Å²) in [7, 11) is 1.90. The van der Waals surface area contributed by atoms with Crippen LogP contribution in [0, 0.1) is 0 Å². The molecule has 1 aromatic carbocycles. The average molecular weight is 468 g/mol. The summed E-state index contributed by atoms with van der Waals surface area (Å²) in [5.74, 6) is 0.194. The van der Waals surface area contributed by atoms with Crippen molar-refractivity contribution < 1.29 is 4.79 Å². The molecular formula is C20H26BrN3OS2. The van der Waals surface area contributed by atoms with Crippen molar-refractivity contribution in [2.24, 2.45) is 0 Å². The van der Waals surface area contributed by atoms with Crippen molar-refractivity contribution in [3.63, 3.8) is 0 Å². The molecule has 1 aliphatic heterocycles. The van der Waals surface area contributed by atoms with E-state index in [0.29, 0.717) is 13.1 Å². The second-order valence-electron chi connectivity index (χ2n) is 6.86. The van der Waals surface area contributed by atoms with Gasteiger partial charge in [-0.25, -0.2) is 0 Å². The Morgan fingerprint density at radius 2 is 1.78 bits per heavy atom. The lowest BCUT2D eigenvalue weighted by Crippen LogP contribution is -2.49. The van der Waals surface area contributed by atoms with Crippen molar-refractivity contribution in [1.82, 2.24) is 14.7 Å². The van der Waals surface area contributed by atoms with Gasteiger partial charge in [0.2, 0.25) is 5.91 Å². The molecule has 0 bridgehead atoms.